The van der Waals surface area contributed by atoms with E-state index >= 15 is 0 Å². The lowest BCUT2D eigenvalue weighted by Gasteiger charge is -2.25. The maximum absolute atomic E-state index is 12.8. The number of allylic oxidation sites excluding steroid dienone is 6. The molecule has 2 unspecified atom stereocenters. The third kappa shape index (κ3) is 41.5. The van der Waals surface area contributed by atoms with Crippen molar-refractivity contribution in [2.45, 2.75) is 206 Å². The number of nitrogens with zero attached hydrogens (tertiary/aromatic N) is 1. The molecule has 2 atom stereocenters. The number of carbonyl (C=O) groups is 3. The van der Waals surface area contributed by atoms with Gasteiger partial charge in [-0.15, -0.1) is 0 Å². The van der Waals surface area contributed by atoms with Gasteiger partial charge in [-0.1, -0.05) is 147 Å². The minimum atomic E-state index is -1.51. The molecule has 0 aliphatic heterocycles. The van der Waals surface area contributed by atoms with Gasteiger partial charge >= 0.3 is 17.9 Å². The second kappa shape index (κ2) is 40.3. The molecule has 0 aliphatic rings. The summed E-state index contributed by atoms with van der Waals surface area (Å²) in [4.78, 5) is 37.1. The first-order valence-corrected chi connectivity index (χ1v) is 23.2. The molecule has 9 heteroatoms. The third-order valence-corrected chi connectivity index (χ3v) is 9.87. The number of ether oxygens (including phenoxy) is 4. The van der Waals surface area contributed by atoms with Crippen molar-refractivity contribution in [3.05, 3.63) is 36.5 Å². The number of hydrogen-bond donors (Lipinski definition) is 1. The highest BCUT2D eigenvalue weighted by Gasteiger charge is 2.25. The maximum Gasteiger partial charge on any atom is 0.361 e. The molecular weight excluding hydrogens is 719 g/mol. The van der Waals surface area contributed by atoms with Crippen LogP contribution in [0.5, 0.6) is 0 Å². The molecular formula is C48H88NO8+. The second-order valence-corrected chi connectivity index (χ2v) is 16.7. The molecule has 0 aromatic heterocycles. The first-order valence-electron chi connectivity index (χ1n) is 23.2. The second-order valence-electron chi connectivity index (χ2n) is 16.7. The first kappa shape index (κ1) is 54.5. The summed E-state index contributed by atoms with van der Waals surface area (Å²) in [5, 5.41) is 9.64. The Balaban J connectivity index is 4.46. The molecule has 0 bridgehead atoms. The first-order chi connectivity index (χ1) is 27.6. The van der Waals surface area contributed by atoms with Crippen molar-refractivity contribution >= 4 is 17.9 Å². The lowest BCUT2D eigenvalue weighted by Crippen LogP contribution is -2.40. The summed E-state index contributed by atoms with van der Waals surface area (Å²) in [6.07, 6.45) is 42.0. The van der Waals surface area contributed by atoms with E-state index in [1.165, 1.54) is 83.5 Å². The van der Waals surface area contributed by atoms with Crippen LogP contribution in [0.15, 0.2) is 36.5 Å². The summed E-state index contributed by atoms with van der Waals surface area (Å²) >= 11 is 0. The summed E-state index contributed by atoms with van der Waals surface area (Å²) in [5.41, 5.74) is 0. The Bertz CT molecular complexity index is 1030. The van der Waals surface area contributed by atoms with Crippen molar-refractivity contribution < 1.29 is 42.9 Å². The number of carboxylic acid groups (broad SMARTS) is 1. The number of unbranched alkanes of at least 4 members (excludes halogenated alkanes) is 21. The van der Waals surface area contributed by atoms with Gasteiger partial charge in [0, 0.05) is 12.8 Å². The Labute approximate surface area is 350 Å². The molecule has 1 N–H and O–H groups in total. The fourth-order valence-electron chi connectivity index (χ4n) is 6.21. The number of aliphatic carboxylic acids is 1. The van der Waals surface area contributed by atoms with Crippen LogP contribution in [-0.2, 0) is 33.3 Å². The van der Waals surface area contributed by atoms with E-state index in [0.717, 1.165) is 77.0 Å². The highest BCUT2D eigenvalue weighted by Crippen LogP contribution is 2.13. The number of esters is 2. The van der Waals surface area contributed by atoms with Gasteiger partial charge in [0.1, 0.15) is 13.2 Å². The van der Waals surface area contributed by atoms with Crippen molar-refractivity contribution in [1.29, 1.82) is 0 Å². The van der Waals surface area contributed by atoms with E-state index in [9.17, 15) is 19.5 Å². The summed E-state index contributed by atoms with van der Waals surface area (Å²) in [5.74, 6) is -2.03. The summed E-state index contributed by atoms with van der Waals surface area (Å²) < 4.78 is 22.7. The molecule has 0 amide bonds. The summed E-state index contributed by atoms with van der Waals surface area (Å²) in [6.45, 7) is 4.82. The largest absolute Gasteiger partial charge is 0.477 e. The quantitative estimate of drug-likeness (QED) is 0.0214. The fourth-order valence-corrected chi connectivity index (χ4v) is 6.21. The van der Waals surface area contributed by atoms with E-state index in [-0.39, 0.29) is 38.6 Å². The Morgan fingerprint density at radius 2 is 0.947 bits per heavy atom. The van der Waals surface area contributed by atoms with Crippen LogP contribution in [0.25, 0.3) is 0 Å². The van der Waals surface area contributed by atoms with Crippen molar-refractivity contribution in [2.75, 3.05) is 47.5 Å². The van der Waals surface area contributed by atoms with E-state index in [0.29, 0.717) is 17.4 Å². The lowest BCUT2D eigenvalue weighted by atomic mass is 10.1. The zero-order chi connectivity index (χ0) is 42.1. The van der Waals surface area contributed by atoms with Gasteiger partial charge < -0.3 is 28.5 Å². The number of carbonyl (C=O) groups excluding carboxylic acids is 2. The molecule has 0 fully saturated rings. The van der Waals surface area contributed by atoms with Crippen LogP contribution in [-0.4, -0.2) is 87.4 Å². The van der Waals surface area contributed by atoms with Crippen LogP contribution in [0.3, 0.4) is 0 Å². The topological polar surface area (TPSA) is 108 Å². The molecule has 0 spiro atoms. The average Bonchev–Trinajstić information content (AvgIpc) is 3.17. The zero-order valence-electron chi connectivity index (χ0n) is 37.5. The van der Waals surface area contributed by atoms with E-state index < -0.39 is 24.3 Å². The van der Waals surface area contributed by atoms with Crippen LogP contribution < -0.4 is 0 Å². The highest BCUT2D eigenvalue weighted by molar-refractivity contribution is 5.71. The van der Waals surface area contributed by atoms with E-state index in [2.05, 4.69) is 50.3 Å². The number of hydrogen-bond acceptors (Lipinski definition) is 7. The molecule has 0 saturated heterocycles. The van der Waals surface area contributed by atoms with Gasteiger partial charge in [-0.05, 0) is 70.6 Å². The SMILES string of the molecule is CCCCCC/C=C\C/C=C\CCCCCCCC(=O)OC(COC(=O)CCCCCCC/C=C\CCCCCCCCC)COC(OCC[N+](C)(C)C)C(=O)O. The molecule has 0 saturated carbocycles. The predicted molar refractivity (Wildman–Crippen MR) is 235 cm³/mol. The number of carboxylic acids is 1. The van der Waals surface area contributed by atoms with Crippen LogP contribution in [0.4, 0.5) is 0 Å². The lowest BCUT2D eigenvalue weighted by molar-refractivity contribution is -0.870. The zero-order valence-corrected chi connectivity index (χ0v) is 37.5. The van der Waals surface area contributed by atoms with E-state index in [1.807, 2.05) is 21.1 Å². The van der Waals surface area contributed by atoms with Crippen LogP contribution >= 0.6 is 0 Å². The molecule has 0 rings (SSSR count). The Hall–Kier alpha value is -2.49. The minimum absolute atomic E-state index is 0.183. The third-order valence-electron chi connectivity index (χ3n) is 9.87. The van der Waals surface area contributed by atoms with Crippen LogP contribution in [0.2, 0.25) is 0 Å². The van der Waals surface area contributed by atoms with Gasteiger partial charge in [0.15, 0.2) is 6.10 Å². The summed E-state index contributed by atoms with van der Waals surface area (Å²) in [6, 6.07) is 0. The van der Waals surface area contributed by atoms with E-state index in [1.54, 1.807) is 0 Å². The number of quaternary nitrogens is 1. The van der Waals surface area contributed by atoms with Gasteiger partial charge in [0.2, 0.25) is 0 Å². The van der Waals surface area contributed by atoms with Crippen LogP contribution in [0.1, 0.15) is 194 Å². The Morgan fingerprint density at radius 1 is 0.526 bits per heavy atom. The van der Waals surface area contributed by atoms with Gasteiger partial charge in [-0.2, -0.15) is 0 Å². The maximum atomic E-state index is 12.8. The van der Waals surface area contributed by atoms with E-state index in [4.69, 9.17) is 18.9 Å². The summed E-state index contributed by atoms with van der Waals surface area (Å²) in [7, 11) is 5.95. The average molecular weight is 807 g/mol. The van der Waals surface area contributed by atoms with Gasteiger partial charge in [0.05, 0.1) is 34.4 Å². The molecule has 0 radical (unpaired) electrons. The highest BCUT2D eigenvalue weighted by atomic mass is 16.7. The molecule has 0 aliphatic carbocycles. The molecule has 0 heterocycles. The molecule has 332 valence electrons. The van der Waals surface area contributed by atoms with Crippen LogP contribution in [0, 0.1) is 0 Å². The monoisotopic (exact) mass is 807 g/mol. The standard InChI is InChI=1S/C48H87NO8/c1-6-8-10-12-14-16-18-20-22-24-26-28-30-32-34-36-38-45(50)55-42-44(43-56-48(47(52)53)54-41-40-49(3,4)5)57-46(51)39-37-35-33-31-29-27-25-23-21-19-17-15-13-11-9-7-2/h17,19,22-25,44,48H,6-16,18,20-21,26-43H2,1-5H3/p+1/b19-17-,24-22-,25-23-. The predicted octanol–water partition coefficient (Wildman–Crippen LogP) is 12.2. The van der Waals surface area contributed by atoms with Gasteiger partial charge in [-0.3, -0.25) is 9.59 Å². The van der Waals surface area contributed by atoms with Crippen molar-refractivity contribution in [1.82, 2.24) is 0 Å². The van der Waals surface area contributed by atoms with Crippen molar-refractivity contribution in [3.8, 4) is 0 Å². The molecule has 9 nitrogen and oxygen atoms in total. The normalized spacial score (nSPS) is 13.2. The van der Waals surface area contributed by atoms with Gasteiger partial charge in [0.25, 0.3) is 6.29 Å². The molecule has 0 aromatic rings. The molecule has 0 aromatic carbocycles. The minimum Gasteiger partial charge on any atom is -0.477 e. The molecule has 57 heavy (non-hydrogen) atoms. The Kier molecular flexibility index (Phi) is 38.5. The fraction of sp³-hybridized carbons (Fsp3) is 0.812. The Morgan fingerprint density at radius 3 is 1.42 bits per heavy atom. The van der Waals surface area contributed by atoms with Gasteiger partial charge in [-0.25, -0.2) is 4.79 Å². The van der Waals surface area contributed by atoms with Crippen molar-refractivity contribution in [2.24, 2.45) is 0 Å². The number of rotatable bonds is 42. The number of likely N-dealkylation sites (N-methyl/N-ethyl adjacent to an activating group) is 1. The van der Waals surface area contributed by atoms with Crippen molar-refractivity contribution in [3.63, 3.8) is 0 Å². The smallest absolute Gasteiger partial charge is 0.361 e.